The fourth-order valence-electron chi connectivity index (χ4n) is 1.19. The molecule has 0 saturated carbocycles. The van der Waals surface area contributed by atoms with Gasteiger partial charge in [-0.1, -0.05) is 13.8 Å². The summed E-state index contributed by atoms with van der Waals surface area (Å²) < 4.78 is 5.17. The van der Waals surface area contributed by atoms with E-state index in [1.807, 2.05) is 20.8 Å². The van der Waals surface area contributed by atoms with Gasteiger partial charge in [0.25, 0.3) is 0 Å². The van der Waals surface area contributed by atoms with Crippen LogP contribution in [0.15, 0.2) is 11.8 Å². The Bertz CT molecular complexity index is 252. The molecule has 0 saturated heterocycles. The second kappa shape index (κ2) is 2.25. The summed E-state index contributed by atoms with van der Waals surface area (Å²) >= 11 is 0. The summed E-state index contributed by atoms with van der Waals surface area (Å²) in [6.45, 7) is 7.23. The lowest BCUT2D eigenvalue weighted by atomic mass is 9.73. The number of hydrogen-bond donors (Lipinski definition) is 1. The van der Waals surface area contributed by atoms with Gasteiger partial charge in [-0.15, -0.1) is 0 Å². The number of rotatable bonds is 1. The van der Waals surface area contributed by atoms with E-state index >= 15 is 0 Å². The Balaban J connectivity index is 3.08. The summed E-state index contributed by atoms with van der Waals surface area (Å²) in [4.78, 5) is 10.9. The predicted molar refractivity (Wildman–Crippen MR) is 44.7 cm³/mol. The van der Waals surface area contributed by atoms with Gasteiger partial charge in [0, 0.05) is 5.41 Å². The molecule has 0 radical (unpaired) electrons. The van der Waals surface area contributed by atoms with Crippen LogP contribution in [0.1, 0.15) is 27.7 Å². The Labute approximate surface area is 72.0 Å². The van der Waals surface area contributed by atoms with Crippen LogP contribution < -0.4 is 0 Å². The molecular formula is C9H14O3. The summed E-state index contributed by atoms with van der Waals surface area (Å²) in [7, 11) is 0. The smallest absolute Gasteiger partial charge is 0.348 e. The van der Waals surface area contributed by atoms with Crippen molar-refractivity contribution in [3.8, 4) is 0 Å². The molecule has 3 nitrogen and oxygen atoms in total. The highest BCUT2D eigenvalue weighted by molar-refractivity contribution is 5.79. The SMILES string of the molecule is CC1=COC(C)(C(=O)O)C1(C)C. The molecule has 0 aromatic rings. The monoisotopic (exact) mass is 170 g/mol. The number of carboxylic acid groups (broad SMARTS) is 1. The van der Waals surface area contributed by atoms with Gasteiger partial charge in [-0.25, -0.2) is 4.79 Å². The molecule has 0 aromatic carbocycles. The Morgan fingerprint density at radius 3 is 2.17 bits per heavy atom. The minimum absolute atomic E-state index is 0.432. The van der Waals surface area contributed by atoms with Crippen molar-refractivity contribution in [3.63, 3.8) is 0 Å². The van der Waals surface area contributed by atoms with E-state index in [1.165, 1.54) is 6.26 Å². The zero-order chi connectivity index (χ0) is 9.57. The van der Waals surface area contributed by atoms with Gasteiger partial charge >= 0.3 is 5.97 Å². The third-order valence-electron chi connectivity index (χ3n) is 3.06. The summed E-state index contributed by atoms with van der Waals surface area (Å²) in [5.41, 5.74) is -0.581. The van der Waals surface area contributed by atoms with Crippen LogP contribution in [0.4, 0.5) is 0 Å². The summed E-state index contributed by atoms with van der Waals surface area (Å²) in [6, 6.07) is 0. The van der Waals surface area contributed by atoms with Crippen LogP contribution in [0.25, 0.3) is 0 Å². The van der Waals surface area contributed by atoms with Crippen molar-refractivity contribution in [2.45, 2.75) is 33.3 Å². The van der Waals surface area contributed by atoms with Crippen LogP contribution in [0.3, 0.4) is 0 Å². The van der Waals surface area contributed by atoms with Gasteiger partial charge in [0.1, 0.15) is 0 Å². The molecular weight excluding hydrogens is 156 g/mol. The first kappa shape index (κ1) is 9.10. The number of hydrogen-bond acceptors (Lipinski definition) is 2. The first-order valence-corrected chi connectivity index (χ1v) is 3.91. The molecule has 1 N–H and O–H groups in total. The van der Waals surface area contributed by atoms with E-state index in [2.05, 4.69) is 0 Å². The van der Waals surface area contributed by atoms with E-state index < -0.39 is 17.0 Å². The summed E-state index contributed by atoms with van der Waals surface area (Å²) in [5.74, 6) is -0.916. The largest absolute Gasteiger partial charge is 0.483 e. The zero-order valence-corrected chi connectivity index (χ0v) is 7.84. The zero-order valence-electron chi connectivity index (χ0n) is 7.84. The van der Waals surface area contributed by atoms with Crippen molar-refractivity contribution in [1.29, 1.82) is 0 Å². The van der Waals surface area contributed by atoms with E-state index in [-0.39, 0.29) is 0 Å². The lowest BCUT2D eigenvalue weighted by Crippen LogP contribution is -2.47. The molecule has 68 valence electrons. The highest BCUT2D eigenvalue weighted by Gasteiger charge is 2.53. The van der Waals surface area contributed by atoms with Gasteiger partial charge in [0.2, 0.25) is 5.60 Å². The topological polar surface area (TPSA) is 46.5 Å². The minimum atomic E-state index is -1.11. The molecule has 0 amide bonds. The highest BCUT2D eigenvalue weighted by atomic mass is 16.5. The van der Waals surface area contributed by atoms with Crippen molar-refractivity contribution in [3.05, 3.63) is 11.8 Å². The fraction of sp³-hybridized carbons (Fsp3) is 0.667. The molecule has 0 spiro atoms. The molecule has 1 aliphatic heterocycles. The molecule has 0 aromatic heterocycles. The number of aliphatic carboxylic acids is 1. The van der Waals surface area contributed by atoms with Crippen LogP contribution in [-0.2, 0) is 9.53 Å². The van der Waals surface area contributed by atoms with Gasteiger partial charge in [-0.2, -0.15) is 0 Å². The third-order valence-corrected chi connectivity index (χ3v) is 3.06. The Kier molecular flexibility index (Phi) is 1.71. The fourth-order valence-corrected chi connectivity index (χ4v) is 1.19. The number of carbonyl (C=O) groups is 1. The van der Waals surface area contributed by atoms with Crippen molar-refractivity contribution in [2.75, 3.05) is 0 Å². The van der Waals surface area contributed by atoms with Gasteiger partial charge in [-0.05, 0) is 19.4 Å². The van der Waals surface area contributed by atoms with E-state index in [1.54, 1.807) is 6.92 Å². The van der Waals surface area contributed by atoms with Crippen molar-refractivity contribution >= 4 is 5.97 Å². The molecule has 3 heteroatoms. The van der Waals surface area contributed by atoms with E-state index in [4.69, 9.17) is 9.84 Å². The Morgan fingerprint density at radius 1 is 1.50 bits per heavy atom. The van der Waals surface area contributed by atoms with Crippen molar-refractivity contribution < 1.29 is 14.6 Å². The van der Waals surface area contributed by atoms with E-state index in [0.29, 0.717) is 0 Å². The average molecular weight is 170 g/mol. The standard InChI is InChI=1S/C9H14O3/c1-6-5-12-9(4,7(10)11)8(6,2)3/h5H,1-4H3,(H,10,11). The average Bonchev–Trinajstić information content (AvgIpc) is 2.15. The highest BCUT2D eigenvalue weighted by Crippen LogP contribution is 2.45. The molecule has 1 heterocycles. The van der Waals surface area contributed by atoms with Crippen LogP contribution >= 0.6 is 0 Å². The van der Waals surface area contributed by atoms with E-state index in [0.717, 1.165) is 5.57 Å². The minimum Gasteiger partial charge on any atom is -0.483 e. The first-order valence-electron chi connectivity index (χ1n) is 3.91. The van der Waals surface area contributed by atoms with Gasteiger partial charge in [-0.3, -0.25) is 0 Å². The molecule has 0 bridgehead atoms. The summed E-state index contributed by atoms with van der Waals surface area (Å²) in [6.07, 6.45) is 1.54. The summed E-state index contributed by atoms with van der Waals surface area (Å²) in [5, 5.41) is 8.97. The van der Waals surface area contributed by atoms with Crippen LogP contribution in [0.5, 0.6) is 0 Å². The maximum atomic E-state index is 10.9. The molecule has 1 atom stereocenters. The lowest BCUT2D eigenvalue weighted by Gasteiger charge is -2.33. The Morgan fingerprint density at radius 2 is 2.00 bits per heavy atom. The first-order chi connectivity index (χ1) is 5.32. The maximum Gasteiger partial charge on any atom is 0.348 e. The maximum absolute atomic E-state index is 10.9. The van der Waals surface area contributed by atoms with Crippen LogP contribution in [-0.4, -0.2) is 16.7 Å². The normalized spacial score (nSPS) is 32.5. The second-order valence-corrected chi connectivity index (χ2v) is 3.88. The van der Waals surface area contributed by atoms with Crippen molar-refractivity contribution in [2.24, 2.45) is 5.41 Å². The predicted octanol–water partition coefficient (Wildman–Crippen LogP) is 1.79. The third kappa shape index (κ3) is 0.854. The lowest BCUT2D eigenvalue weighted by molar-refractivity contribution is -0.163. The van der Waals surface area contributed by atoms with Gasteiger partial charge in [0.05, 0.1) is 6.26 Å². The van der Waals surface area contributed by atoms with Crippen LogP contribution in [0.2, 0.25) is 0 Å². The quantitative estimate of drug-likeness (QED) is 0.652. The molecule has 1 aliphatic rings. The van der Waals surface area contributed by atoms with Gasteiger partial charge in [0.15, 0.2) is 0 Å². The molecule has 1 rings (SSSR count). The van der Waals surface area contributed by atoms with Crippen molar-refractivity contribution in [1.82, 2.24) is 0 Å². The molecule has 1 unspecified atom stereocenters. The molecule has 0 aliphatic carbocycles. The van der Waals surface area contributed by atoms with E-state index in [9.17, 15) is 4.79 Å². The molecule has 12 heavy (non-hydrogen) atoms. The van der Waals surface area contributed by atoms with Crippen LogP contribution in [0, 0.1) is 5.41 Å². The molecule has 0 fully saturated rings. The second-order valence-electron chi connectivity index (χ2n) is 3.88. The number of ether oxygens (including phenoxy) is 1. The Hall–Kier alpha value is -0.990. The van der Waals surface area contributed by atoms with Gasteiger partial charge < -0.3 is 9.84 Å². The number of carboxylic acids is 1.